The molecular formula is C21H19N7O. The number of nitriles is 1. The second kappa shape index (κ2) is 7.53. The van der Waals surface area contributed by atoms with E-state index in [2.05, 4.69) is 31.5 Å². The van der Waals surface area contributed by atoms with Crippen molar-refractivity contribution in [1.82, 2.24) is 25.3 Å². The van der Waals surface area contributed by atoms with E-state index in [-0.39, 0.29) is 0 Å². The summed E-state index contributed by atoms with van der Waals surface area (Å²) >= 11 is 0. The summed E-state index contributed by atoms with van der Waals surface area (Å²) in [4.78, 5) is 3.70. The first-order chi connectivity index (χ1) is 14.1. The number of hydrogen-bond acceptors (Lipinski definition) is 5. The number of rotatable bonds is 5. The minimum absolute atomic E-state index is 0.407. The lowest BCUT2D eigenvalue weighted by Gasteiger charge is -2.26. The van der Waals surface area contributed by atoms with Crippen molar-refractivity contribution in [2.75, 3.05) is 6.61 Å². The summed E-state index contributed by atoms with van der Waals surface area (Å²) in [5.41, 5.74) is 4.30. The Balaban J connectivity index is 1.68. The molecule has 29 heavy (non-hydrogen) atoms. The van der Waals surface area contributed by atoms with Gasteiger partial charge < -0.3 is 10.1 Å². The standard InChI is InChI=1S/C21H19N7O/c1-13-17(12-22)19(20(23-3)14(2)25-13)15-5-6-18-16(11-15)21(27-26-18)29-10-9-28-8-4-7-24-28/h4-8,11,19,25H,9-10H2,1-2H3,(H,26,27). The first-order valence-corrected chi connectivity index (χ1v) is 9.16. The fourth-order valence-corrected chi connectivity index (χ4v) is 3.57. The zero-order chi connectivity index (χ0) is 20.4. The topological polar surface area (TPSA) is 95.9 Å². The molecule has 0 saturated heterocycles. The molecule has 0 bridgehead atoms. The number of ether oxygens (including phenoxy) is 1. The predicted octanol–water partition coefficient (Wildman–Crippen LogP) is 3.47. The van der Waals surface area contributed by atoms with Crippen molar-refractivity contribution in [3.05, 3.63) is 76.3 Å². The second-order valence-corrected chi connectivity index (χ2v) is 6.78. The molecule has 1 aliphatic rings. The van der Waals surface area contributed by atoms with Crippen LogP contribution in [0.4, 0.5) is 0 Å². The summed E-state index contributed by atoms with van der Waals surface area (Å²) in [7, 11) is 0. The van der Waals surface area contributed by atoms with E-state index in [9.17, 15) is 5.26 Å². The summed E-state index contributed by atoms with van der Waals surface area (Å²) in [5, 5.41) is 25.1. The fourth-order valence-electron chi connectivity index (χ4n) is 3.57. The molecule has 1 unspecified atom stereocenters. The van der Waals surface area contributed by atoms with Crippen LogP contribution in [0.1, 0.15) is 25.3 Å². The van der Waals surface area contributed by atoms with Gasteiger partial charge in [-0.3, -0.25) is 9.78 Å². The Morgan fingerprint density at radius 1 is 1.34 bits per heavy atom. The highest BCUT2D eigenvalue weighted by atomic mass is 16.5. The zero-order valence-corrected chi connectivity index (χ0v) is 16.1. The highest BCUT2D eigenvalue weighted by Crippen LogP contribution is 2.39. The van der Waals surface area contributed by atoms with Gasteiger partial charge in [0.15, 0.2) is 5.70 Å². The Labute approximate surface area is 167 Å². The van der Waals surface area contributed by atoms with E-state index in [0.29, 0.717) is 30.3 Å². The van der Waals surface area contributed by atoms with Crippen LogP contribution in [0, 0.1) is 17.9 Å². The Bertz CT molecular complexity index is 1170. The second-order valence-electron chi connectivity index (χ2n) is 6.78. The number of aromatic amines is 1. The predicted molar refractivity (Wildman–Crippen MR) is 107 cm³/mol. The van der Waals surface area contributed by atoms with Gasteiger partial charge in [-0.15, -0.1) is 5.10 Å². The van der Waals surface area contributed by atoms with Crippen LogP contribution >= 0.6 is 0 Å². The third kappa shape index (κ3) is 3.32. The Morgan fingerprint density at radius 2 is 2.21 bits per heavy atom. The molecule has 3 heterocycles. The molecule has 8 nitrogen and oxygen atoms in total. The number of allylic oxidation sites excluding steroid dienone is 3. The normalized spacial score (nSPS) is 16.5. The number of fused-ring (bicyclic) bond motifs is 1. The van der Waals surface area contributed by atoms with Crippen LogP contribution in [-0.2, 0) is 6.54 Å². The van der Waals surface area contributed by atoms with Crippen LogP contribution in [0.3, 0.4) is 0 Å². The van der Waals surface area contributed by atoms with Crippen molar-refractivity contribution in [2.45, 2.75) is 26.3 Å². The third-order valence-electron chi connectivity index (χ3n) is 4.97. The molecule has 1 aromatic carbocycles. The maximum Gasteiger partial charge on any atom is 0.240 e. The highest BCUT2D eigenvalue weighted by Gasteiger charge is 2.30. The molecule has 1 atom stereocenters. The van der Waals surface area contributed by atoms with Crippen LogP contribution in [0.5, 0.6) is 5.88 Å². The van der Waals surface area contributed by atoms with Crippen LogP contribution in [-0.4, -0.2) is 26.6 Å². The van der Waals surface area contributed by atoms with E-state index in [0.717, 1.165) is 27.9 Å². The number of nitrogens with one attached hydrogen (secondary N) is 2. The Hall–Kier alpha value is -4.04. The Morgan fingerprint density at radius 3 is 2.93 bits per heavy atom. The molecular weight excluding hydrogens is 366 g/mol. The molecule has 2 N–H and O–H groups in total. The van der Waals surface area contributed by atoms with Crippen molar-refractivity contribution in [1.29, 1.82) is 5.26 Å². The first-order valence-electron chi connectivity index (χ1n) is 9.16. The van der Waals surface area contributed by atoms with Crippen LogP contribution in [0.25, 0.3) is 15.7 Å². The monoisotopic (exact) mass is 385 g/mol. The summed E-state index contributed by atoms with van der Waals surface area (Å²) < 4.78 is 7.65. The highest BCUT2D eigenvalue weighted by molar-refractivity contribution is 5.85. The van der Waals surface area contributed by atoms with Gasteiger partial charge in [-0.1, -0.05) is 6.07 Å². The van der Waals surface area contributed by atoms with Crippen LogP contribution in [0.15, 0.2) is 59.3 Å². The fraction of sp³-hybridized carbons (Fsp3) is 0.238. The summed E-state index contributed by atoms with van der Waals surface area (Å²) in [6.07, 6.45) is 3.60. The van der Waals surface area contributed by atoms with Gasteiger partial charge >= 0.3 is 0 Å². The summed E-state index contributed by atoms with van der Waals surface area (Å²) in [5.74, 6) is 0.0854. The molecule has 3 aromatic rings. The van der Waals surface area contributed by atoms with Crippen molar-refractivity contribution in [3.63, 3.8) is 0 Å². The number of nitrogens with zero attached hydrogens (tertiary/aromatic N) is 5. The molecule has 0 spiro atoms. The number of hydrogen-bond donors (Lipinski definition) is 2. The van der Waals surface area contributed by atoms with Gasteiger partial charge in [0, 0.05) is 23.8 Å². The Kier molecular flexibility index (Phi) is 4.76. The van der Waals surface area contributed by atoms with Gasteiger partial charge in [0.25, 0.3) is 0 Å². The van der Waals surface area contributed by atoms with E-state index in [1.54, 1.807) is 10.9 Å². The molecule has 4 rings (SSSR count). The van der Waals surface area contributed by atoms with Crippen LogP contribution in [0.2, 0.25) is 0 Å². The molecule has 0 fully saturated rings. The molecule has 8 heteroatoms. The van der Waals surface area contributed by atoms with E-state index in [4.69, 9.17) is 11.3 Å². The number of H-pyrrole nitrogens is 1. The smallest absolute Gasteiger partial charge is 0.240 e. The number of benzene rings is 1. The van der Waals surface area contributed by atoms with Gasteiger partial charge in [-0.05, 0) is 37.6 Å². The minimum atomic E-state index is -0.407. The van der Waals surface area contributed by atoms with Gasteiger partial charge in [-0.2, -0.15) is 10.4 Å². The van der Waals surface area contributed by atoms with E-state index >= 15 is 0 Å². The molecule has 0 radical (unpaired) electrons. The molecule has 144 valence electrons. The quantitative estimate of drug-likeness (QED) is 0.656. The van der Waals surface area contributed by atoms with E-state index in [1.165, 1.54) is 0 Å². The van der Waals surface area contributed by atoms with Crippen molar-refractivity contribution >= 4 is 10.9 Å². The number of aromatic nitrogens is 4. The summed E-state index contributed by atoms with van der Waals surface area (Å²) in [6.45, 7) is 12.4. The molecule has 0 saturated carbocycles. The van der Waals surface area contributed by atoms with Gasteiger partial charge in [0.2, 0.25) is 5.88 Å². The molecule has 0 aliphatic carbocycles. The minimum Gasteiger partial charge on any atom is -0.474 e. The van der Waals surface area contributed by atoms with E-state index in [1.807, 2.05) is 44.3 Å². The maximum absolute atomic E-state index is 9.70. The van der Waals surface area contributed by atoms with Gasteiger partial charge in [0.1, 0.15) is 6.61 Å². The SMILES string of the molecule is [C-]#[N+]C1=C(C)NC(C)=C(C#N)C1c1ccc2[nH]nc(OCCn3cccn3)c2c1. The lowest BCUT2D eigenvalue weighted by Crippen LogP contribution is -2.22. The first kappa shape index (κ1) is 18.3. The largest absolute Gasteiger partial charge is 0.474 e. The third-order valence-corrected chi connectivity index (χ3v) is 4.97. The average Bonchev–Trinajstić information content (AvgIpc) is 3.37. The van der Waals surface area contributed by atoms with Crippen LogP contribution < -0.4 is 10.1 Å². The van der Waals surface area contributed by atoms with Crippen molar-refractivity contribution in [3.8, 4) is 11.9 Å². The molecule has 0 amide bonds. The zero-order valence-electron chi connectivity index (χ0n) is 16.1. The van der Waals surface area contributed by atoms with E-state index < -0.39 is 5.92 Å². The van der Waals surface area contributed by atoms with Gasteiger partial charge in [-0.25, -0.2) is 4.85 Å². The lowest BCUT2D eigenvalue weighted by molar-refractivity contribution is 0.283. The van der Waals surface area contributed by atoms with Gasteiger partial charge in [0.05, 0.1) is 41.6 Å². The maximum atomic E-state index is 9.70. The molecule has 2 aromatic heterocycles. The summed E-state index contributed by atoms with van der Waals surface area (Å²) in [6, 6.07) is 9.91. The molecule has 1 aliphatic heterocycles. The average molecular weight is 385 g/mol. The lowest BCUT2D eigenvalue weighted by atomic mass is 9.84. The van der Waals surface area contributed by atoms with Crippen molar-refractivity contribution < 1.29 is 4.74 Å². The number of dihydropyridines is 1. The van der Waals surface area contributed by atoms with Crippen molar-refractivity contribution in [2.24, 2.45) is 0 Å².